The normalized spacial score (nSPS) is 12.2. The van der Waals surface area contributed by atoms with Crippen LogP contribution >= 0.6 is 23.4 Å². The van der Waals surface area contributed by atoms with E-state index in [9.17, 15) is 10.1 Å². The highest BCUT2D eigenvalue weighted by Gasteiger charge is 2.21. The molecule has 0 spiro atoms. The SMILES string of the molecule is CSC(C)CNc1nc(Cl)nc(C)c1[N+](=O)[O-]. The Bertz CT molecular complexity index is 430. The number of aryl methyl sites for hydroxylation is 1. The van der Waals surface area contributed by atoms with Gasteiger partial charge in [-0.15, -0.1) is 0 Å². The first-order valence-corrected chi connectivity index (χ1v) is 6.57. The van der Waals surface area contributed by atoms with E-state index in [-0.39, 0.29) is 22.5 Å². The van der Waals surface area contributed by atoms with Crippen molar-refractivity contribution in [3.63, 3.8) is 0 Å². The van der Waals surface area contributed by atoms with Crippen molar-refractivity contribution in [2.75, 3.05) is 18.1 Å². The van der Waals surface area contributed by atoms with Crippen molar-refractivity contribution in [1.82, 2.24) is 9.97 Å². The van der Waals surface area contributed by atoms with E-state index in [1.165, 1.54) is 6.92 Å². The molecule has 17 heavy (non-hydrogen) atoms. The summed E-state index contributed by atoms with van der Waals surface area (Å²) in [6.07, 6.45) is 1.97. The fraction of sp³-hybridized carbons (Fsp3) is 0.556. The van der Waals surface area contributed by atoms with Crippen LogP contribution in [0.15, 0.2) is 0 Å². The Kier molecular flexibility index (Phi) is 4.95. The molecule has 1 aromatic rings. The van der Waals surface area contributed by atoms with Crippen molar-refractivity contribution in [2.24, 2.45) is 0 Å². The van der Waals surface area contributed by atoms with Crippen molar-refractivity contribution >= 4 is 34.9 Å². The number of rotatable bonds is 5. The van der Waals surface area contributed by atoms with Gasteiger partial charge in [0.15, 0.2) is 0 Å². The van der Waals surface area contributed by atoms with Crippen LogP contribution in [0.5, 0.6) is 0 Å². The quantitative estimate of drug-likeness (QED) is 0.506. The minimum Gasteiger partial charge on any atom is -0.363 e. The zero-order valence-electron chi connectivity index (χ0n) is 9.73. The van der Waals surface area contributed by atoms with E-state index in [1.807, 2.05) is 13.2 Å². The number of nitro groups is 1. The van der Waals surface area contributed by atoms with Gasteiger partial charge in [0.25, 0.3) is 0 Å². The fourth-order valence-corrected chi connectivity index (χ4v) is 1.66. The highest BCUT2D eigenvalue weighted by atomic mass is 35.5. The van der Waals surface area contributed by atoms with Gasteiger partial charge in [-0.25, -0.2) is 4.98 Å². The zero-order chi connectivity index (χ0) is 13.0. The van der Waals surface area contributed by atoms with E-state index in [1.54, 1.807) is 11.8 Å². The lowest BCUT2D eigenvalue weighted by Gasteiger charge is -2.11. The fourth-order valence-electron chi connectivity index (χ4n) is 1.20. The molecule has 0 bridgehead atoms. The molecule has 0 aliphatic heterocycles. The van der Waals surface area contributed by atoms with Gasteiger partial charge in [-0.3, -0.25) is 10.1 Å². The minimum atomic E-state index is -0.502. The van der Waals surface area contributed by atoms with Gasteiger partial charge in [-0.05, 0) is 24.8 Å². The highest BCUT2D eigenvalue weighted by Crippen LogP contribution is 2.26. The van der Waals surface area contributed by atoms with E-state index >= 15 is 0 Å². The van der Waals surface area contributed by atoms with Gasteiger partial charge in [0, 0.05) is 11.8 Å². The summed E-state index contributed by atoms with van der Waals surface area (Å²) >= 11 is 7.34. The molecule has 0 aliphatic rings. The van der Waals surface area contributed by atoms with Gasteiger partial charge in [0.05, 0.1) is 4.92 Å². The Morgan fingerprint density at radius 2 is 2.24 bits per heavy atom. The zero-order valence-corrected chi connectivity index (χ0v) is 11.3. The molecule has 8 heteroatoms. The number of aromatic nitrogens is 2. The second-order valence-electron chi connectivity index (χ2n) is 3.46. The molecule has 0 saturated carbocycles. The Morgan fingerprint density at radius 3 is 2.76 bits per heavy atom. The van der Waals surface area contributed by atoms with Gasteiger partial charge < -0.3 is 5.32 Å². The van der Waals surface area contributed by atoms with E-state index in [0.29, 0.717) is 11.8 Å². The van der Waals surface area contributed by atoms with Crippen LogP contribution < -0.4 is 5.32 Å². The molecule has 0 amide bonds. The monoisotopic (exact) mass is 276 g/mol. The molecule has 1 unspecified atom stereocenters. The Morgan fingerprint density at radius 1 is 1.59 bits per heavy atom. The average molecular weight is 277 g/mol. The molecule has 1 atom stereocenters. The summed E-state index contributed by atoms with van der Waals surface area (Å²) < 4.78 is 0. The van der Waals surface area contributed by atoms with Crippen molar-refractivity contribution in [2.45, 2.75) is 19.1 Å². The van der Waals surface area contributed by atoms with E-state index in [0.717, 1.165) is 0 Å². The van der Waals surface area contributed by atoms with Gasteiger partial charge >= 0.3 is 5.69 Å². The number of halogens is 1. The molecule has 1 aromatic heterocycles. The molecule has 1 heterocycles. The third kappa shape index (κ3) is 3.71. The summed E-state index contributed by atoms with van der Waals surface area (Å²) in [5.74, 6) is 0.174. The van der Waals surface area contributed by atoms with Crippen LogP contribution in [0.25, 0.3) is 0 Å². The van der Waals surface area contributed by atoms with Crippen LogP contribution in [0.2, 0.25) is 5.28 Å². The Labute approximate surface area is 108 Å². The predicted octanol–water partition coefficient (Wildman–Crippen LogP) is 2.51. The highest BCUT2D eigenvalue weighted by molar-refractivity contribution is 7.99. The topological polar surface area (TPSA) is 81.0 Å². The van der Waals surface area contributed by atoms with Crippen LogP contribution in [-0.4, -0.2) is 32.9 Å². The largest absolute Gasteiger partial charge is 0.363 e. The second-order valence-corrected chi connectivity index (χ2v) is 5.07. The van der Waals surface area contributed by atoms with Crippen molar-refractivity contribution in [3.8, 4) is 0 Å². The molecule has 0 fully saturated rings. The summed E-state index contributed by atoms with van der Waals surface area (Å²) in [5.41, 5.74) is 0.136. The van der Waals surface area contributed by atoms with Gasteiger partial charge in [-0.2, -0.15) is 16.7 Å². The number of anilines is 1. The van der Waals surface area contributed by atoms with Gasteiger partial charge in [0.1, 0.15) is 5.69 Å². The Hall–Kier alpha value is -1.08. The van der Waals surface area contributed by atoms with E-state index < -0.39 is 4.92 Å². The lowest BCUT2D eigenvalue weighted by molar-refractivity contribution is -0.385. The molecule has 0 aromatic carbocycles. The third-order valence-corrected chi connectivity index (χ3v) is 3.31. The first-order chi connectivity index (χ1) is 7.95. The first-order valence-electron chi connectivity index (χ1n) is 4.91. The van der Waals surface area contributed by atoms with E-state index in [2.05, 4.69) is 15.3 Å². The van der Waals surface area contributed by atoms with Crippen LogP contribution in [0, 0.1) is 17.0 Å². The predicted molar refractivity (Wildman–Crippen MR) is 69.9 cm³/mol. The number of thioether (sulfide) groups is 1. The third-order valence-electron chi connectivity index (χ3n) is 2.17. The first kappa shape index (κ1) is 14.0. The lowest BCUT2D eigenvalue weighted by Crippen LogP contribution is -2.15. The van der Waals surface area contributed by atoms with Crippen molar-refractivity contribution in [3.05, 3.63) is 21.1 Å². The smallest absolute Gasteiger partial charge is 0.332 e. The molecular formula is C9H13ClN4O2S. The molecule has 1 rings (SSSR count). The van der Waals surface area contributed by atoms with Crippen LogP contribution in [0.3, 0.4) is 0 Å². The molecular weight excluding hydrogens is 264 g/mol. The maximum atomic E-state index is 10.9. The summed E-state index contributed by atoms with van der Waals surface area (Å²) in [7, 11) is 0. The number of hydrogen-bond donors (Lipinski definition) is 1. The number of hydrogen-bond acceptors (Lipinski definition) is 6. The average Bonchev–Trinajstić information content (AvgIpc) is 2.24. The summed E-state index contributed by atoms with van der Waals surface area (Å²) in [5, 5.41) is 14.2. The summed E-state index contributed by atoms with van der Waals surface area (Å²) in [4.78, 5) is 18.0. The molecule has 0 aliphatic carbocycles. The molecule has 0 saturated heterocycles. The van der Waals surface area contributed by atoms with Gasteiger partial charge in [-0.1, -0.05) is 6.92 Å². The number of nitrogens with one attached hydrogen (secondary N) is 1. The van der Waals surface area contributed by atoms with Crippen LogP contribution in [0.4, 0.5) is 11.5 Å². The molecule has 0 radical (unpaired) electrons. The second kappa shape index (κ2) is 6.02. The molecule has 94 valence electrons. The maximum absolute atomic E-state index is 10.9. The maximum Gasteiger partial charge on any atom is 0.332 e. The summed E-state index contributed by atoms with van der Waals surface area (Å²) in [6.45, 7) is 4.13. The standard InChI is InChI=1S/C9H13ClN4O2S/c1-5(17-3)4-11-8-7(14(15)16)6(2)12-9(10)13-8/h5H,4H2,1-3H3,(H,11,12,13). The Balaban J connectivity index is 3.00. The van der Waals surface area contributed by atoms with E-state index in [4.69, 9.17) is 11.6 Å². The lowest BCUT2D eigenvalue weighted by atomic mass is 10.3. The van der Waals surface area contributed by atoms with Gasteiger partial charge in [0.2, 0.25) is 11.1 Å². The molecule has 6 nitrogen and oxygen atoms in total. The number of nitrogens with zero attached hydrogens (tertiary/aromatic N) is 3. The molecule has 1 N–H and O–H groups in total. The van der Waals surface area contributed by atoms with Crippen LogP contribution in [-0.2, 0) is 0 Å². The van der Waals surface area contributed by atoms with Crippen molar-refractivity contribution in [1.29, 1.82) is 0 Å². The summed E-state index contributed by atoms with van der Waals surface area (Å²) in [6, 6.07) is 0. The van der Waals surface area contributed by atoms with Crippen molar-refractivity contribution < 1.29 is 4.92 Å². The van der Waals surface area contributed by atoms with Crippen LogP contribution in [0.1, 0.15) is 12.6 Å². The minimum absolute atomic E-state index is 0.00686.